The lowest BCUT2D eigenvalue weighted by atomic mass is 9.92. The number of rotatable bonds is 9. The maximum absolute atomic E-state index is 12.8. The van der Waals surface area contributed by atoms with E-state index in [0.29, 0.717) is 36.3 Å². The molecule has 7 nitrogen and oxygen atoms in total. The van der Waals surface area contributed by atoms with E-state index in [-0.39, 0.29) is 10.8 Å². The van der Waals surface area contributed by atoms with Gasteiger partial charge in [0.05, 0.1) is 10.5 Å². The number of carbonyl (C=O) groups is 1. The number of piperidine rings is 1. The Kier molecular flexibility index (Phi) is 8.32. The first-order chi connectivity index (χ1) is 15.3. The lowest BCUT2D eigenvalue weighted by molar-refractivity contribution is 0.0948. The molecule has 0 atom stereocenters. The van der Waals surface area contributed by atoms with Crippen molar-refractivity contribution in [1.29, 1.82) is 0 Å². The van der Waals surface area contributed by atoms with Crippen LogP contribution in [-0.2, 0) is 10.0 Å². The second kappa shape index (κ2) is 11.0. The van der Waals surface area contributed by atoms with Crippen LogP contribution < -0.4 is 9.98 Å². The number of benzene rings is 1. The summed E-state index contributed by atoms with van der Waals surface area (Å²) < 4.78 is 30.9. The molecule has 0 unspecified atom stereocenters. The molecule has 32 heavy (non-hydrogen) atoms. The van der Waals surface area contributed by atoms with Gasteiger partial charge in [0.2, 0.25) is 10.0 Å². The number of aromatic nitrogens is 1. The zero-order valence-corrected chi connectivity index (χ0v) is 19.9. The Morgan fingerprint density at radius 3 is 2.75 bits per heavy atom. The van der Waals surface area contributed by atoms with Crippen molar-refractivity contribution in [2.45, 2.75) is 43.9 Å². The number of nitrogens with one attached hydrogen (secondary N) is 2. The van der Waals surface area contributed by atoms with Crippen LogP contribution in [-0.4, -0.2) is 56.2 Å². The van der Waals surface area contributed by atoms with Gasteiger partial charge in [0, 0.05) is 30.4 Å². The maximum Gasteiger partial charge on any atom is 0.300 e. The summed E-state index contributed by atoms with van der Waals surface area (Å²) in [6.45, 7) is 6.99. The molecule has 0 aliphatic carbocycles. The highest BCUT2D eigenvalue weighted by Gasteiger charge is 2.29. The number of hydrogen-bond acceptors (Lipinski definition) is 3. The molecule has 2 heterocycles. The Morgan fingerprint density at radius 1 is 1.31 bits per heavy atom. The zero-order chi connectivity index (χ0) is 23.1. The summed E-state index contributed by atoms with van der Waals surface area (Å²) >= 11 is 5.95. The third-order valence-corrected chi connectivity index (χ3v) is 7.99. The molecule has 1 aromatic carbocycles. The van der Waals surface area contributed by atoms with Crippen LogP contribution in [0.3, 0.4) is 0 Å². The SMILES string of the molecule is C=[N+]=Cc1cc(C(=O)NCCCCC2CCN(S(=O)(=O)c3cccc(Cl)c3)CC2)[nH]c1C. The number of unbranched alkanes of at least 4 members (excludes halogenated alkanes) is 1. The summed E-state index contributed by atoms with van der Waals surface area (Å²) in [5.74, 6) is 0.378. The number of amides is 1. The number of halogens is 1. The van der Waals surface area contributed by atoms with Crippen molar-refractivity contribution >= 4 is 40.5 Å². The highest BCUT2D eigenvalue weighted by molar-refractivity contribution is 7.89. The summed E-state index contributed by atoms with van der Waals surface area (Å²) in [6.07, 6.45) is 6.24. The summed E-state index contributed by atoms with van der Waals surface area (Å²) in [4.78, 5) is 15.6. The van der Waals surface area contributed by atoms with Gasteiger partial charge in [-0.05, 0) is 56.4 Å². The molecule has 0 spiro atoms. The minimum absolute atomic E-state index is 0.128. The van der Waals surface area contributed by atoms with Crippen LogP contribution >= 0.6 is 11.6 Å². The monoisotopic (exact) mass is 477 g/mol. The zero-order valence-electron chi connectivity index (χ0n) is 18.3. The lowest BCUT2D eigenvalue weighted by Crippen LogP contribution is -2.38. The molecule has 0 bridgehead atoms. The van der Waals surface area contributed by atoms with Gasteiger partial charge in [-0.25, -0.2) is 8.42 Å². The standard InChI is InChI=1S/C23H29ClN4O3S/c1-17-19(16-25-2)14-22(27-17)23(29)26-11-4-3-6-18-9-12-28(13-10-18)32(30,31)21-8-5-7-20(24)15-21/h5,7-8,14-16,18H,2-4,6,9-13H2,1H3,(H,26,29)/p+1. The van der Waals surface area contributed by atoms with E-state index in [2.05, 4.69) is 21.7 Å². The Labute approximate surface area is 194 Å². The van der Waals surface area contributed by atoms with Gasteiger partial charge in [-0.3, -0.25) is 4.79 Å². The molecule has 1 aliphatic rings. The van der Waals surface area contributed by atoms with E-state index in [9.17, 15) is 13.2 Å². The first kappa shape index (κ1) is 24.3. The lowest BCUT2D eigenvalue weighted by Gasteiger charge is -2.31. The second-order valence-corrected chi connectivity index (χ2v) is 10.5. The van der Waals surface area contributed by atoms with E-state index in [1.54, 1.807) is 34.8 Å². The van der Waals surface area contributed by atoms with Gasteiger partial charge >= 0.3 is 6.21 Å². The van der Waals surface area contributed by atoms with Crippen LogP contribution in [0.4, 0.5) is 0 Å². The fraction of sp³-hybridized carbons (Fsp3) is 0.435. The first-order valence-electron chi connectivity index (χ1n) is 10.8. The van der Waals surface area contributed by atoms with E-state index in [1.165, 1.54) is 6.07 Å². The molecule has 1 fully saturated rings. The number of carbonyl (C=O) groups excluding carboxylic acids is 1. The van der Waals surface area contributed by atoms with Gasteiger partial charge in [0.15, 0.2) is 0 Å². The number of H-pyrrole nitrogens is 1. The van der Waals surface area contributed by atoms with E-state index in [0.717, 1.165) is 43.4 Å². The van der Waals surface area contributed by atoms with Crippen LogP contribution in [0.25, 0.3) is 0 Å². The smallest absolute Gasteiger partial charge is 0.300 e. The maximum atomic E-state index is 12.8. The first-order valence-corrected chi connectivity index (χ1v) is 12.7. The fourth-order valence-corrected chi connectivity index (χ4v) is 5.77. The summed E-state index contributed by atoms with van der Waals surface area (Å²) in [5, 5.41) is 3.36. The summed E-state index contributed by atoms with van der Waals surface area (Å²) in [5.41, 5.74) is 2.26. The van der Waals surface area contributed by atoms with Crippen molar-refractivity contribution in [3.05, 3.63) is 52.3 Å². The predicted octanol–water partition coefficient (Wildman–Crippen LogP) is 3.16. The highest BCUT2D eigenvalue weighted by Crippen LogP contribution is 2.27. The van der Waals surface area contributed by atoms with Gasteiger partial charge in [-0.15, -0.1) is 4.67 Å². The molecule has 9 heteroatoms. The van der Waals surface area contributed by atoms with Crippen molar-refractivity contribution in [2.24, 2.45) is 5.92 Å². The predicted molar refractivity (Wildman–Crippen MR) is 129 cm³/mol. The van der Waals surface area contributed by atoms with E-state index >= 15 is 0 Å². The molecule has 2 N–H and O–H groups in total. The van der Waals surface area contributed by atoms with E-state index in [1.807, 2.05) is 6.92 Å². The van der Waals surface area contributed by atoms with Crippen molar-refractivity contribution in [1.82, 2.24) is 19.3 Å². The molecular weight excluding hydrogens is 448 g/mol. The molecule has 1 saturated heterocycles. The number of aryl methyl sites for hydroxylation is 1. The van der Waals surface area contributed by atoms with Crippen molar-refractivity contribution in [2.75, 3.05) is 19.6 Å². The van der Waals surface area contributed by atoms with Crippen LogP contribution in [0, 0.1) is 12.8 Å². The van der Waals surface area contributed by atoms with Crippen LogP contribution in [0.1, 0.15) is 53.8 Å². The number of hydrogen-bond donors (Lipinski definition) is 2. The minimum atomic E-state index is -3.49. The Balaban J connectivity index is 1.37. The van der Waals surface area contributed by atoms with Crippen molar-refractivity contribution in [3.8, 4) is 0 Å². The summed E-state index contributed by atoms with van der Waals surface area (Å²) in [7, 11) is -3.49. The quantitative estimate of drug-likeness (QED) is 0.330. The molecular formula is C23H30ClN4O3S+. The molecule has 1 aliphatic heterocycles. The third-order valence-electron chi connectivity index (χ3n) is 5.86. The van der Waals surface area contributed by atoms with Crippen LogP contribution in [0.5, 0.6) is 0 Å². The largest absolute Gasteiger partial charge is 0.354 e. The molecule has 0 saturated carbocycles. The fourth-order valence-electron chi connectivity index (χ4n) is 4.00. The van der Waals surface area contributed by atoms with E-state index < -0.39 is 10.0 Å². The molecule has 172 valence electrons. The topological polar surface area (TPSA) is 96.4 Å². The van der Waals surface area contributed by atoms with Gasteiger partial charge < -0.3 is 10.3 Å². The van der Waals surface area contributed by atoms with Gasteiger partial charge in [-0.2, -0.15) is 4.31 Å². The second-order valence-electron chi connectivity index (χ2n) is 8.13. The molecule has 3 rings (SSSR count). The van der Waals surface area contributed by atoms with Crippen molar-refractivity contribution < 1.29 is 13.2 Å². The number of nitrogens with zero attached hydrogens (tertiary/aromatic N) is 2. The molecule has 1 amide bonds. The number of aromatic amines is 1. The Morgan fingerprint density at radius 2 is 2.06 bits per heavy atom. The minimum Gasteiger partial charge on any atom is -0.354 e. The molecule has 0 radical (unpaired) electrons. The normalized spacial score (nSPS) is 15.3. The average molecular weight is 478 g/mol. The Bertz CT molecular complexity index is 1100. The third kappa shape index (κ3) is 6.11. The number of sulfonamides is 1. The van der Waals surface area contributed by atoms with Crippen LogP contribution in [0.15, 0.2) is 35.2 Å². The summed E-state index contributed by atoms with van der Waals surface area (Å²) in [6, 6.07) is 8.19. The van der Waals surface area contributed by atoms with Gasteiger partial charge in [0.25, 0.3) is 12.6 Å². The molecule has 2 aromatic rings. The van der Waals surface area contributed by atoms with Crippen molar-refractivity contribution in [3.63, 3.8) is 0 Å². The molecule has 1 aromatic heterocycles. The Hall–Kier alpha value is -2.38. The van der Waals surface area contributed by atoms with E-state index in [4.69, 9.17) is 11.6 Å². The highest BCUT2D eigenvalue weighted by atomic mass is 35.5. The van der Waals surface area contributed by atoms with Crippen LogP contribution in [0.2, 0.25) is 5.02 Å². The van der Waals surface area contributed by atoms with Gasteiger partial charge in [-0.1, -0.05) is 30.5 Å². The van der Waals surface area contributed by atoms with Gasteiger partial charge in [0.1, 0.15) is 5.69 Å². The average Bonchev–Trinajstić information content (AvgIpc) is 3.14.